The number of nitrogens with zero attached hydrogens (tertiary/aromatic N) is 4. The highest BCUT2D eigenvalue weighted by atomic mass is 32.2. The van der Waals surface area contributed by atoms with Gasteiger partial charge in [0, 0.05) is 32.4 Å². The predicted octanol–water partition coefficient (Wildman–Crippen LogP) is 2.52. The zero-order valence-electron chi connectivity index (χ0n) is 18.6. The highest BCUT2D eigenvalue weighted by Gasteiger charge is 2.31. The molecule has 0 saturated carbocycles. The molecule has 4 rings (SSSR count). The second-order valence-electron chi connectivity index (χ2n) is 7.88. The summed E-state index contributed by atoms with van der Waals surface area (Å²) in [6, 6.07) is 3.73. The highest BCUT2D eigenvalue weighted by molar-refractivity contribution is 8.26. The maximum atomic E-state index is 13.4. The first-order chi connectivity index (χ1) is 16.0. The summed E-state index contributed by atoms with van der Waals surface area (Å²) in [7, 11) is 0. The van der Waals surface area contributed by atoms with Gasteiger partial charge in [-0.2, -0.15) is 0 Å². The second kappa shape index (κ2) is 10.6. The average Bonchev–Trinajstić information content (AvgIpc) is 3.08. The van der Waals surface area contributed by atoms with E-state index >= 15 is 0 Å². The molecule has 0 atom stereocenters. The Morgan fingerprint density at radius 2 is 2.12 bits per heavy atom. The third-order valence-electron chi connectivity index (χ3n) is 5.59. The molecule has 2 aromatic heterocycles. The van der Waals surface area contributed by atoms with Gasteiger partial charge < -0.3 is 10.1 Å². The Balaban J connectivity index is 1.63. The van der Waals surface area contributed by atoms with Gasteiger partial charge in [-0.15, -0.1) is 6.58 Å². The van der Waals surface area contributed by atoms with E-state index in [2.05, 4.69) is 16.8 Å². The molecule has 0 unspecified atom stereocenters. The summed E-state index contributed by atoms with van der Waals surface area (Å²) in [4.78, 5) is 35.2. The van der Waals surface area contributed by atoms with Gasteiger partial charge in [0.25, 0.3) is 11.5 Å². The Morgan fingerprint density at radius 3 is 2.88 bits per heavy atom. The first-order valence-electron chi connectivity index (χ1n) is 10.9. The van der Waals surface area contributed by atoms with Crippen molar-refractivity contribution >= 4 is 51.7 Å². The van der Waals surface area contributed by atoms with Crippen LogP contribution in [0.5, 0.6) is 0 Å². The number of thiocarbonyl (C=S) groups is 1. The Hall–Kier alpha value is -2.53. The van der Waals surface area contributed by atoms with Crippen LogP contribution in [0.25, 0.3) is 11.7 Å². The zero-order valence-corrected chi connectivity index (χ0v) is 20.2. The summed E-state index contributed by atoms with van der Waals surface area (Å²) in [6.45, 7) is 10.9. The van der Waals surface area contributed by atoms with E-state index in [1.165, 1.54) is 21.1 Å². The van der Waals surface area contributed by atoms with Crippen LogP contribution in [-0.2, 0) is 9.53 Å². The number of carbonyl (C=O) groups is 1. The lowest BCUT2D eigenvalue weighted by molar-refractivity contribution is -0.121. The van der Waals surface area contributed by atoms with E-state index < -0.39 is 0 Å². The van der Waals surface area contributed by atoms with Crippen LogP contribution in [0.15, 0.2) is 40.7 Å². The van der Waals surface area contributed by atoms with Gasteiger partial charge in [0.05, 0.1) is 23.7 Å². The molecule has 0 aromatic carbocycles. The molecular formula is C23H27N5O3S2. The van der Waals surface area contributed by atoms with Gasteiger partial charge in [0.15, 0.2) is 0 Å². The summed E-state index contributed by atoms with van der Waals surface area (Å²) < 4.78 is 7.37. The number of fused-ring (bicyclic) bond motifs is 1. The molecule has 2 fully saturated rings. The van der Waals surface area contributed by atoms with Crippen molar-refractivity contribution in [1.82, 2.24) is 19.2 Å². The van der Waals surface area contributed by atoms with Crippen LogP contribution in [0.3, 0.4) is 0 Å². The zero-order chi connectivity index (χ0) is 23.4. The third-order valence-corrected chi connectivity index (χ3v) is 6.97. The van der Waals surface area contributed by atoms with Crippen LogP contribution in [0, 0.1) is 6.92 Å². The number of amides is 1. The number of nitrogens with one attached hydrogen (secondary N) is 1. The van der Waals surface area contributed by atoms with Crippen LogP contribution in [0.1, 0.15) is 17.5 Å². The first-order valence-corrected chi connectivity index (χ1v) is 12.1. The maximum absolute atomic E-state index is 13.4. The first kappa shape index (κ1) is 23.6. The van der Waals surface area contributed by atoms with E-state index in [1.54, 1.807) is 18.3 Å². The van der Waals surface area contributed by atoms with E-state index in [0.717, 1.165) is 44.8 Å². The van der Waals surface area contributed by atoms with Gasteiger partial charge >= 0.3 is 0 Å². The maximum Gasteiger partial charge on any atom is 0.267 e. The monoisotopic (exact) mass is 485 g/mol. The molecule has 0 spiro atoms. The number of pyridine rings is 1. The normalized spacial score (nSPS) is 18.5. The molecule has 2 aliphatic rings. The molecule has 0 bridgehead atoms. The lowest BCUT2D eigenvalue weighted by Gasteiger charge is -2.26. The third kappa shape index (κ3) is 5.19. The van der Waals surface area contributed by atoms with E-state index in [-0.39, 0.29) is 11.5 Å². The molecule has 33 heavy (non-hydrogen) atoms. The van der Waals surface area contributed by atoms with Crippen molar-refractivity contribution < 1.29 is 9.53 Å². The quantitative estimate of drug-likeness (QED) is 0.265. The molecule has 4 heterocycles. The van der Waals surface area contributed by atoms with Gasteiger partial charge in [-0.1, -0.05) is 36.1 Å². The smallest absolute Gasteiger partial charge is 0.267 e. The standard InChI is InChI=1S/C23H27N5O3S2/c1-3-8-28-22(30)18(33-23(28)32)15-17-19(24-7-5-9-26-11-13-31-14-12-26)25-20-16(2)6-4-10-27(20)21(17)29/h3-4,6,10,15,24H,1,5,7-9,11-14H2,2H3/b18-15-. The van der Waals surface area contributed by atoms with Crippen molar-refractivity contribution in [3.8, 4) is 0 Å². The van der Waals surface area contributed by atoms with Crippen molar-refractivity contribution in [2.24, 2.45) is 0 Å². The van der Waals surface area contributed by atoms with Gasteiger partial charge in [-0.05, 0) is 37.6 Å². The second-order valence-corrected chi connectivity index (χ2v) is 9.56. The Morgan fingerprint density at radius 1 is 1.33 bits per heavy atom. The number of ether oxygens (including phenoxy) is 1. The number of aryl methyl sites for hydroxylation is 1. The number of rotatable bonds is 8. The number of aromatic nitrogens is 2. The largest absolute Gasteiger partial charge is 0.379 e. The van der Waals surface area contributed by atoms with Crippen molar-refractivity contribution in [2.75, 3.05) is 51.3 Å². The topological polar surface area (TPSA) is 79.2 Å². The van der Waals surface area contributed by atoms with Gasteiger partial charge in [-0.3, -0.25) is 23.8 Å². The van der Waals surface area contributed by atoms with Crippen LogP contribution < -0.4 is 10.9 Å². The fourth-order valence-electron chi connectivity index (χ4n) is 3.83. The number of hydrogen-bond acceptors (Lipinski definition) is 8. The van der Waals surface area contributed by atoms with Crippen LogP contribution >= 0.6 is 24.0 Å². The van der Waals surface area contributed by atoms with Gasteiger partial charge in [0.1, 0.15) is 15.8 Å². The molecule has 0 radical (unpaired) electrons. The van der Waals surface area contributed by atoms with Crippen molar-refractivity contribution in [3.63, 3.8) is 0 Å². The average molecular weight is 486 g/mol. The van der Waals surface area contributed by atoms with E-state index in [1.807, 2.05) is 19.1 Å². The molecule has 8 nitrogen and oxygen atoms in total. The number of anilines is 1. The van der Waals surface area contributed by atoms with E-state index in [4.69, 9.17) is 21.9 Å². The molecule has 1 N–H and O–H groups in total. The minimum atomic E-state index is -0.228. The molecule has 2 saturated heterocycles. The summed E-state index contributed by atoms with van der Waals surface area (Å²) >= 11 is 6.52. The van der Waals surface area contributed by atoms with E-state index in [9.17, 15) is 9.59 Å². The number of morpholine rings is 1. The van der Waals surface area contributed by atoms with Crippen LogP contribution in [0.2, 0.25) is 0 Å². The molecule has 2 aliphatic heterocycles. The Bertz CT molecular complexity index is 1170. The fourth-order valence-corrected chi connectivity index (χ4v) is 5.09. The summed E-state index contributed by atoms with van der Waals surface area (Å²) in [5, 5.41) is 3.34. The highest BCUT2D eigenvalue weighted by Crippen LogP contribution is 2.33. The number of carbonyl (C=O) groups excluding carboxylic acids is 1. The lowest BCUT2D eigenvalue weighted by atomic mass is 10.2. The van der Waals surface area contributed by atoms with Crippen molar-refractivity contribution in [3.05, 3.63) is 57.4 Å². The molecule has 0 aliphatic carbocycles. The van der Waals surface area contributed by atoms with Crippen LogP contribution in [-0.4, -0.2) is 75.3 Å². The van der Waals surface area contributed by atoms with Crippen LogP contribution in [0.4, 0.5) is 5.82 Å². The van der Waals surface area contributed by atoms with Crippen molar-refractivity contribution in [2.45, 2.75) is 13.3 Å². The van der Waals surface area contributed by atoms with Gasteiger partial charge in [0.2, 0.25) is 0 Å². The minimum Gasteiger partial charge on any atom is -0.379 e. The molecular weight excluding hydrogens is 458 g/mol. The molecule has 10 heteroatoms. The minimum absolute atomic E-state index is 0.225. The summed E-state index contributed by atoms with van der Waals surface area (Å²) in [5.41, 5.74) is 1.61. The summed E-state index contributed by atoms with van der Waals surface area (Å²) in [5.74, 6) is 0.252. The molecule has 174 valence electrons. The van der Waals surface area contributed by atoms with Gasteiger partial charge in [-0.25, -0.2) is 4.98 Å². The Kier molecular flexibility index (Phi) is 7.59. The SMILES string of the molecule is C=CCN1C(=O)/C(=C/c2c(NCCCN3CCOCC3)nc3c(C)cccn3c2=O)SC1=S. The molecule has 1 amide bonds. The Labute approximate surface area is 202 Å². The molecule has 2 aromatic rings. The summed E-state index contributed by atoms with van der Waals surface area (Å²) in [6.07, 6.45) is 5.83. The van der Waals surface area contributed by atoms with Crippen molar-refractivity contribution in [1.29, 1.82) is 0 Å². The number of hydrogen-bond donors (Lipinski definition) is 1. The number of thioether (sulfide) groups is 1. The fraction of sp³-hybridized carbons (Fsp3) is 0.391. The van der Waals surface area contributed by atoms with E-state index in [0.29, 0.717) is 39.3 Å². The predicted molar refractivity (Wildman–Crippen MR) is 137 cm³/mol. The lowest BCUT2D eigenvalue weighted by Crippen LogP contribution is -2.37.